The van der Waals surface area contributed by atoms with E-state index >= 15 is 0 Å². The molecule has 0 saturated carbocycles. The van der Waals surface area contributed by atoms with Crippen molar-refractivity contribution in [2.24, 2.45) is 0 Å². The van der Waals surface area contributed by atoms with Gasteiger partial charge < -0.3 is 15.4 Å². The Kier molecular flexibility index (Phi) is 4.10. The van der Waals surface area contributed by atoms with Crippen LogP contribution in [0.5, 0.6) is 0 Å². The van der Waals surface area contributed by atoms with Crippen LogP contribution < -0.4 is 10.6 Å². The molecule has 3 rings (SSSR count). The molecule has 2 saturated heterocycles. The van der Waals surface area contributed by atoms with Crippen molar-refractivity contribution >= 4 is 33.3 Å². The molecule has 4 nitrogen and oxygen atoms in total. The van der Waals surface area contributed by atoms with Crippen molar-refractivity contribution in [3.63, 3.8) is 0 Å². The van der Waals surface area contributed by atoms with Crippen LogP contribution >= 0.6 is 27.3 Å². The number of rotatable bonds is 4. The lowest BCUT2D eigenvalue weighted by molar-refractivity contribution is 0.0981. The minimum Gasteiger partial charge on any atom is -0.373 e. The molecule has 2 aliphatic heterocycles. The molecule has 3 atom stereocenters. The number of nitrogens with one attached hydrogen (secondary N) is 2. The Morgan fingerprint density at radius 1 is 1.47 bits per heavy atom. The number of thiophene rings is 1. The molecule has 3 unspecified atom stereocenters. The molecule has 6 heteroatoms. The summed E-state index contributed by atoms with van der Waals surface area (Å²) in [6.07, 6.45) is 4.69. The number of fused-ring (bicyclic) bond motifs is 2. The van der Waals surface area contributed by atoms with Gasteiger partial charge in [0, 0.05) is 11.4 Å². The summed E-state index contributed by atoms with van der Waals surface area (Å²) in [7, 11) is 0. The monoisotopic (exact) mass is 344 g/mol. The first-order valence-corrected chi connectivity index (χ1v) is 8.26. The highest BCUT2D eigenvalue weighted by molar-refractivity contribution is 9.11. The van der Waals surface area contributed by atoms with Crippen LogP contribution in [-0.4, -0.2) is 30.8 Å². The average Bonchev–Trinajstić information content (AvgIpc) is 3.06. The third-order valence-electron chi connectivity index (χ3n) is 3.71. The third kappa shape index (κ3) is 3.30. The molecule has 1 aromatic heterocycles. The maximum Gasteiger partial charge on any atom is 0.315 e. The van der Waals surface area contributed by atoms with E-state index in [-0.39, 0.29) is 18.2 Å². The molecule has 3 heterocycles. The summed E-state index contributed by atoms with van der Waals surface area (Å²) in [6.45, 7) is 0.667. The molecule has 2 fully saturated rings. The fourth-order valence-corrected chi connectivity index (χ4v) is 4.28. The van der Waals surface area contributed by atoms with Crippen LogP contribution in [0.15, 0.2) is 15.9 Å². The van der Waals surface area contributed by atoms with Crippen LogP contribution in [0, 0.1) is 0 Å². The van der Waals surface area contributed by atoms with Crippen LogP contribution in [-0.2, 0) is 11.2 Å². The van der Waals surface area contributed by atoms with Gasteiger partial charge in [0.15, 0.2) is 0 Å². The fraction of sp³-hybridized carbons (Fsp3) is 0.615. The van der Waals surface area contributed by atoms with E-state index in [0.717, 1.165) is 29.5 Å². The summed E-state index contributed by atoms with van der Waals surface area (Å²) in [5.41, 5.74) is 0. The predicted molar refractivity (Wildman–Crippen MR) is 78.6 cm³/mol. The Morgan fingerprint density at radius 2 is 2.37 bits per heavy atom. The van der Waals surface area contributed by atoms with E-state index in [1.54, 1.807) is 11.3 Å². The van der Waals surface area contributed by atoms with Gasteiger partial charge in [0.2, 0.25) is 0 Å². The minimum absolute atomic E-state index is 0.0724. The molecular formula is C13H17BrN2O2S. The van der Waals surface area contributed by atoms with E-state index in [1.165, 1.54) is 4.88 Å². The first kappa shape index (κ1) is 13.4. The summed E-state index contributed by atoms with van der Waals surface area (Å²) in [5.74, 6) is 0. The van der Waals surface area contributed by atoms with Crippen molar-refractivity contribution < 1.29 is 9.53 Å². The highest BCUT2D eigenvalue weighted by atomic mass is 79.9. The maximum absolute atomic E-state index is 11.8. The quantitative estimate of drug-likeness (QED) is 0.882. The molecule has 2 bridgehead atoms. The van der Waals surface area contributed by atoms with Crippen molar-refractivity contribution in [2.75, 3.05) is 6.54 Å². The van der Waals surface area contributed by atoms with Gasteiger partial charge in [-0.1, -0.05) is 0 Å². The standard InChI is InChI=1S/C13H17BrN2O2S/c14-12-4-2-9(19-12)5-6-15-13(17)16-10-7-8-1-3-11(10)18-8/h2,4,8,10-11H,1,3,5-7H2,(H2,15,16,17). The molecule has 0 radical (unpaired) electrons. The second-order valence-electron chi connectivity index (χ2n) is 5.07. The van der Waals surface area contributed by atoms with Crippen LogP contribution in [0.25, 0.3) is 0 Å². The number of amides is 2. The normalized spacial score (nSPS) is 28.6. The van der Waals surface area contributed by atoms with E-state index in [2.05, 4.69) is 32.6 Å². The van der Waals surface area contributed by atoms with Gasteiger partial charge in [-0.25, -0.2) is 4.79 Å². The number of urea groups is 1. The lowest BCUT2D eigenvalue weighted by Crippen LogP contribution is -2.46. The Bertz CT molecular complexity index is 465. The Balaban J connectivity index is 1.37. The summed E-state index contributed by atoms with van der Waals surface area (Å²) >= 11 is 5.14. The summed E-state index contributed by atoms with van der Waals surface area (Å²) < 4.78 is 6.85. The largest absolute Gasteiger partial charge is 0.373 e. The van der Waals surface area contributed by atoms with Crippen molar-refractivity contribution in [1.29, 1.82) is 0 Å². The maximum atomic E-state index is 11.8. The number of carbonyl (C=O) groups excluding carboxylic acids is 1. The molecule has 19 heavy (non-hydrogen) atoms. The lowest BCUT2D eigenvalue weighted by atomic mass is 9.96. The van der Waals surface area contributed by atoms with Gasteiger partial charge in [0.25, 0.3) is 0 Å². The van der Waals surface area contributed by atoms with Gasteiger partial charge in [-0.05, 0) is 53.7 Å². The predicted octanol–water partition coefficient (Wildman–Crippen LogP) is 2.67. The van der Waals surface area contributed by atoms with Crippen LogP contribution in [0.1, 0.15) is 24.1 Å². The van der Waals surface area contributed by atoms with Crippen molar-refractivity contribution in [3.05, 3.63) is 20.8 Å². The molecule has 0 spiro atoms. The van der Waals surface area contributed by atoms with Gasteiger partial charge in [0.05, 0.1) is 22.0 Å². The number of hydrogen-bond donors (Lipinski definition) is 2. The molecule has 0 aliphatic carbocycles. The zero-order valence-electron chi connectivity index (χ0n) is 10.5. The van der Waals surface area contributed by atoms with Gasteiger partial charge in [-0.2, -0.15) is 0 Å². The molecule has 104 valence electrons. The van der Waals surface area contributed by atoms with E-state index in [9.17, 15) is 4.79 Å². The molecular weight excluding hydrogens is 328 g/mol. The van der Waals surface area contributed by atoms with Gasteiger partial charge in [-0.15, -0.1) is 11.3 Å². The van der Waals surface area contributed by atoms with E-state index < -0.39 is 0 Å². The van der Waals surface area contributed by atoms with E-state index in [0.29, 0.717) is 12.6 Å². The fourth-order valence-electron chi connectivity index (χ4n) is 2.79. The Morgan fingerprint density at radius 3 is 3.00 bits per heavy atom. The summed E-state index contributed by atoms with van der Waals surface area (Å²) in [5, 5.41) is 5.93. The molecule has 0 aromatic carbocycles. The summed E-state index contributed by atoms with van der Waals surface area (Å²) in [6, 6.07) is 4.25. The molecule has 2 amide bonds. The van der Waals surface area contributed by atoms with E-state index in [1.807, 2.05) is 6.07 Å². The Labute approximate surface area is 125 Å². The van der Waals surface area contributed by atoms with Crippen LogP contribution in [0.2, 0.25) is 0 Å². The summed E-state index contributed by atoms with van der Waals surface area (Å²) in [4.78, 5) is 13.1. The van der Waals surface area contributed by atoms with Crippen LogP contribution in [0.4, 0.5) is 4.79 Å². The minimum atomic E-state index is -0.0724. The number of carbonyl (C=O) groups is 1. The smallest absolute Gasteiger partial charge is 0.315 e. The average molecular weight is 345 g/mol. The van der Waals surface area contributed by atoms with Gasteiger partial charge in [-0.3, -0.25) is 0 Å². The number of ether oxygens (including phenoxy) is 1. The number of halogens is 1. The first-order valence-electron chi connectivity index (χ1n) is 6.65. The topological polar surface area (TPSA) is 50.4 Å². The highest BCUT2D eigenvalue weighted by Gasteiger charge is 2.41. The van der Waals surface area contributed by atoms with Crippen molar-refractivity contribution in [1.82, 2.24) is 10.6 Å². The van der Waals surface area contributed by atoms with Crippen molar-refractivity contribution in [2.45, 2.75) is 43.9 Å². The second kappa shape index (κ2) is 5.81. The SMILES string of the molecule is O=C(NCCc1ccc(Br)s1)NC1CC2CCC1O2. The van der Waals surface area contributed by atoms with Crippen molar-refractivity contribution in [3.8, 4) is 0 Å². The third-order valence-corrected chi connectivity index (χ3v) is 5.39. The molecule has 2 N–H and O–H groups in total. The Hall–Kier alpha value is -0.590. The molecule has 2 aliphatic rings. The number of hydrogen-bond acceptors (Lipinski definition) is 3. The zero-order valence-corrected chi connectivity index (χ0v) is 12.9. The van der Waals surface area contributed by atoms with Gasteiger partial charge >= 0.3 is 6.03 Å². The first-order chi connectivity index (χ1) is 9.20. The van der Waals surface area contributed by atoms with E-state index in [4.69, 9.17) is 4.74 Å². The van der Waals surface area contributed by atoms with Gasteiger partial charge in [0.1, 0.15) is 0 Å². The lowest BCUT2D eigenvalue weighted by Gasteiger charge is -2.20. The highest BCUT2D eigenvalue weighted by Crippen LogP contribution is 2.34. The second-order valence-corrected chi connectivity index (χ2v) is 7.62. The zero-order chi connectivity index (χ0) is 13.2. The van der Waals surface area contributed by atoms with Crippen LogP contribution in [0.3, 0.4) is 0 Å². The molecule has 1 aromatic rings.